The van der Waals surface area contributed by atoms with Gasteiger partial charge in [-0.25, -0.2) is 4.58 Å². The van der Waals surface area contributed by atoms with Crippen LogP contribution in [0, 0.1) is 6.92 Å². The molecule has 0 spiro atoms. The van der Waals surface area contributed by atoms with Gasteiger partial charge in [-0.15, -0.1) is 0 Å². The van der Waals surface area contributed by atoms with Gasteiger partial charge in [0.25, 0.3) is 0 Å². The Bertz CT molecular complexity index is 350. The highest BCUT2D eigenvalue weighted by Crippen LogP contribution is 2.15. The first kappa shape index (κ1) is 8.49. The lowest BCUT2D eigenvalue weighted by Gasteiger charge is -2.01. The Hall–Kier alpha value is -1.11. The molecule has 68 valence electrons. The summed E-state index contributed by atoms with van der Waals surface area (Å²) in [7, 11) is 2.19. The third kappa shape index (κ3) is 1.51. The second-order valence-corrected chi connectivity index (χ2v) is 3.79. The molecule has 2 rings (SSSR count). The van der Waals surface area contributed by atoms with Crippen molar-refractivity contribution in [2.45, 2.75) is 19.8 Å². The van der Waals surface area contributed by atoms with Gasteiger partial charge in [0.05, 0.1) is 0 Å². The molecule has 1 aromatic carbocycles. The molecule has 0 bridgehead atoms. The maximum absolute atomic E-state index is 2.38. The van der Waals surface area contributed by atoms with Gasteiger partial charge in [0, 0.05) is 18.4 Å². The van der Waals surface area contributed by atoms with Crippen molar-refractivity contribution in [2.75, 3.05) is 13.6 Å². The van der Waals surface area contributed by atoms with E-state index in [-0.39, 0.29) is 0 Å². The minimum atomic E-state index is 1.21. The first-order valence-electron chi connectivity index (χ1n) is 4.92. The fourth-order valence-electron chi connectivity index (χ4n) is 2.05. The van der Waals surface area contributed by atoms with Crippen LogP contribution < -0.4 is 0 Å². The van der Waals surface area contributed by atoms with E-state index in [4.69, 9.17) is 0 Å². The molecule has 0 aromatic heterocycles. The number of aryl methyl sites for hydroxylation is 1. The summed E-state index contributed by atoms with van der Waals surface area (Å²) in [6.45, 7) is 3.40. The molecule has 1 aromatic rings. The molecule has 1 nitrogen and oxygen atoms in total. The first-order chi connectivity index (χ1) is 6.29. The van der Waals surface area contributed by atoms with Crippen LogP contribution in [0.15, 0.2) is 24.3 Å². The number of rotatable bonds is 1. The van der Waals surface area contributed by atoms with Crippen molar-refractivity contribution in [3.8, 4) is 0 Å². The SMILES string of the molecule is Cc1ccccc1C1=[N+](C)CCC1. The number of benzene rings is 1. The van der Waals surface area contributed by atoms with Crippen molar-refractivity contribution < 1.29 is 4.58 Å². The molecule has 1 aliphatic heterocycles. The lowest BCUT2D eigenvalue weighted by atomic mass is 10.0. The largest absolute Gasteiger partial charge is 0.236 e. The zero-order chi connectivity index (χ0) is 9.26. The van der Waals surface area contributed by atoms with Crippen LogP contribution in [0.2, 0.25) is 0 Å². The van der Waals surface area contributed by atoms with Crippen LogP contribution in [0.25, 0.3) is 0 Å². The highest BCUT2D eigenvalue weighted by molar-refractivity contribution is 5.98. The Morgan fingerprint density at radius 1 is 1.23 bits per heavy atom. The van der Waals surface area contributed by atoms with E-state index in [0.717, 1.165) is 0 Å². The zero-order valence-electron chi connectivity index (χ0n) is 8.38. The van der Waals surface area contributed by atoms with Gasteiger partial charge in [0.1, 0.15) is 13.6 Å². The lowest BCUT2D eigenvalue weighted by Crippen LogP contribution is -2.11. The Morgan fingerprint density at radius 3 is 2.62 bits per heavy atom. The normalized spacial score (nSPS) is 16.8. The van der Waals surface area contributed by atoms with Crippen molar-refractivity contribution in [3.63, 3.8) is 0 Å². The molecule has 1 heteroatoms. The minimum Gasteiger partial charge on any atom is -0.236 e. The van der Waals surface area contributed by atoms with Crippen LogP contribution >= 0.6 is 0 Å². The quantitative estimate of drug-likeness (QED) is 0.574. The maximum atomic E-state index is 2.38. The third-order valence-electron chi connectivity index (χ3n) is 2.82. The van der Waals surface area contributed by atoms with Crippen LogP contribution in [0.4, 0.5) is 0 Å². The Labute approximate surface area is 79.7 Å². The van der Waals surface area contributed by atoms with E-state index in [9.17, 15) is 0 Å². The van der Waals surface area contributed by atoms with Crippen LogP contribution in [-0.2, 0) is 0 Å². The molecule has 0 aliphatic carbocycles. The van der Waals surface area contributed by atoms with Gasteiger partial charge in [-0.2, -0.15) is 0 Å². The van der Waals surface area contributed by atoms with Crippen LogP contribution in [0.3, 0.4) is 0 Å². The third-order valence-corrected chi connectivity index (χ3v) is 2.82. The smallest absolute Gasteiger partial charge is 0.183 e. The van der Waals surface area contributed by atoms with E-state index >= 15 is 0 Å². The van der Waals surface area contributed by atoms with E-state index in [1.165, 1.54) is 36.2 Å². The van der Waals surface area contributed by atoms with Crippen LogP contribution in [-0.4, -0.2) is 23.9 Å². The van der Waals surface area contributed by atoms with Crippen LogP contribution in [0.5, 0.6) is 0 Å². The summed E-state index contributed by atoms with van der Waals surface area (Å²) in [4.78, 5) is 0. The second kappa shape index (κ2) is 3.33. The molecule has 13 heavy (non-hydrogen) atoms. The van der Waals surface area contributed by atoms with E-state index in [0.29, 0.717) is 0 Å². The highest BCUT2D eigenvalue weighted by atomic mass is 15.0. The van der Waals surface area contributed by atoms with Gasteiger partial charge in [0.15, 0.2) is 5.71 Å². The molecular weight excluding hydrogens is 158 g/mol. The van der Waals surface area contributed by atoms with Crippen LogP contribution in [0.1, 0.15) is 24.0 Å². The summed E-state index contributed by atoms with van der Waals surface area (Å²) < 4.78 is 2.38. The fourth-order valence-corrected chi connectivity index (χ4v) is 2.05. The molecule has 0 radical (unpaired) electrons. The summed E-state index contributed by atoms with van der Waals surface area (Å²) >= 11 is 0. The van der Waals surface area contributed by atoms with E-state index in [1.54, 1.807) is 0 Å². The minimum absolute atomic E-state index is 1.21. The monoisotopic (exact) mass is 174 g/mol. The van der Waals surface area contributed by atoms with E-state index in [2.05, 4.69) is 42.8 Å². The highest BCUT2D eigenvalue weighted by Gasteiger charge is 2.21. The summed E-state index contributed by atoms with van der Waals surface area (Å²) in [5.74, 6) is 0. The Kier molecular flexibility index (Phi) is 2.17. The molecule has 1 heterocycles. The van der Waals surface area contributed by atoms with Gasteiger partial charge in [-0.1, -0.05) is 18.2 Å². The van der Waals surface area contributed by atoms with E-state index in [1.807, 2.05) is 0 Å². The molecule has 1 aliphatic rings. The summed E-state index contributed by atoms with van der Waals surface area (Å²) in [5, 5.41) is 0. The number of nitrogens with zero attached hydrogens (tertiary/aromatic N) is 1. The van der Waals surface area contributed by atoms with Crippen molar-refractivity contribution in [3.05, 3.63) is 35.4 Å². The van der Waals surface area contributed by atoms with Gasteiger partial charge >= 0.3 is 0 Å². The summed E-state index contributed by atoms with van der Waals surface area (Å²) in [5.41, 5.74) is 4.34. The van der Waals surface area contributed by atoms with Crippen molar-refractivity contribution in [2.24, 2.45) is 0 Å². The van der Waals surface area contributed by atoms with Gasteiger partial charge in [0.2, 0.25) is 0 Å². The Balaban J connectivity index is 2.46. The van der Waals surface area contributed by atoms with Crippen molar-refractivity contribution in [1.82, 2.24) is 0 Å². The zero-order valence-corrected chi connectivity index (χ0v) is 8.38. The topological polar surface area (TPSA) is 3.01 Å². The predicted molar refractivity (Wildman–Crippen MR) is 55.6 cm³/mol. The molecule has 0 fully saturated rings. The molecule has 0 N–H and O–H groups in total. The first-order valence-corrected chi connectivity index (χ1v) is 4.92. The lowest BCUT2D eigenvalue weighted by molar-refractivity contribution is -0.488. The van der Waals surface area contributed by atoms with Gasteiger partial charge < -0.3 is 0 Å². The molecule has 0 unspecified atom stereocenters. The van der Waals surface area contributed by atoms with Gasteiger partial charge in [-0.05, 0) is 18.6 Å². The maximum Gasteiger partial charge on any atom is 0.183 e. The van der Waals surface area contributed by atoms with E-state index < -0.39 is 0 Å². The molecule has 0 amide bonds. The summed E-state index contributed by atoms with van der Waals surface area (Å²) in [6.07, 6.45) is 2.54. The molecule has 0 atom stereocenters. The average molecular weight is 174 g/mol. The summed E-state index contributed by atoms with van der Waals surface area (Å²) in [6, 6.07) is 8.65. The van der Waals surface area contributed by atoms with Gasteiger partial charge in [-0.3, -0.25) is 0 Å². The molecule has 0 saturated heterocycles. The second-order valence-electron chi connectivity index (χ2n) is 3.79. The van der Waals surface area contributed by atoms with Crippen molar-refractivity contribution >= 4 is 5.71 Å². The predicted octanol–water partition coefficient (Wildman–Crippen LogP) is 2.22. The molecule has 0 saturated carbocycles. The number of hydrogen-bond acceptors (Lipinski definition) is 0. The fraction of sp³-hybridized carbons (Fsp3) is 0.417. The standard InChI is InChI=1S/C12H16N/c1-10-6-3-4-7-11(10)12-8-5-9-13(12)2/h3-4,6-7H,5,8-9H2,1-2H3/q+1. The molecular formula is C12H16N+. The number of hydrogen-bond donors (Lipinski definition) is 0. The average Bonchev–Trinajstić information content (AvgIpc) is 2.52. The Morgan fingerprint density at radius 2 is 2.00 bits per heavy atom. The van der Waals surface area contributed by atoms with Crippen molar-refractivity contribution in [1.29, 1.82) is 0 Å².